The Hall–Kier alpha value is -0.120. The van der Waals surface area contributed by atoms with Gasteiger partial charge in [0, 0.05) is 25.7 Å². The van der Waals surface area contributed by atoms with Gasteiger partial charge in [-0.1, -0.05) is 0 Å². The third kappa shape index (κ3) is 1.48. The third-order valence-corrected chi connectivity index (χ3v) is 2.22. The lowest BCUT2D eigenvalue weighted by molar-refractivity contribution is 0.113. The van der Waals surface area contributed by atoms with Crippen molar-refractivity contribution in [3.8, 4) is 0 Å². The highest BCUT2D eigenvalue weighted by Crippen LogP contribution is 2.18. The molecule has 3 heteroatoms. The van der Waals surface area contributed by atoms with Gasteiger partial charge in [0.2, 0.25) is 0 Å². The Morgan fingerprint density at radius 1 is 1.80 bits per heavy atom. The summed E-state index contributed by atoms with van der Waals surface area (Å²) in [6.07, 6.45) is 1.38. The lowest BCUT2D eigenvalue weighted by Crippen LogP contribution is -2.43. The molecule has 0 amide bonds. The molecule has 1 rings (SSSR count). The van der Waals surface area contributed by atoms with Crippen LogP contribution in [0.3, 0.4) is 0 Å². The van der Waals surface area contributed by atoms with Crippen molar-refractivity contribution in [2.45, 2.75) is 25.0 Å². The van der Waals surface area contributed by atoms with Crippen molar-refractivity contribution in [2.75, 3.05) is 20.2 Å². The zero-order chi connectivity index (χ0) is 7.61. The van der Waals surface area contributed by atoms with Crippen molar-refractivity contribution in [1.82, 2.24) is 5.32 Å². The molecule has 0 aromatic carbocycles. The van der Waals surface area contributed by atoms with Crippen LogP contribution in [0.4, 0.5) is 0 Å². The molecule has 2 atom stereocenters. The van der Waals surface area contributed by atoms with Gasteiger partial charge in [-0.15, -0.1) is 0 Å². The van der Waals surface area contributed by atoms with Crippen molar-refractivity contribution >= 4 is 0 Å². The van der Waals surface area contributed by atoms with E-state index in [0.717, 1.165) is 13.0 Å². The van der Waals surface area contributed by atoms with E-state index in [0.29, 0.717) is 12.6 Å². The zero-order valence-corrected chi connectivity index (χ0v) is 6.68. The van der Waals surface area contributed by atoms with Gasteiger partial charge in [0.05, 0.1) is 6.10 Å². The molecule has 1 saturated heterocycles. The van der Waals surface area contributed by atoms with Gasteiger partial charge in [0.15, 0.2) is 0 Å². The van der Waals surface area contributed by atoms with Crippen LogP contribution in [0.1, 0.15) is 13.3 Å². The van der Waals surface area contributed by atoms with Crippen molar-refractivity contribution in [1.29, 1.82) is 0 Å². The number of ether oxygens (including phenoxy) is 1. The van der Waals surface area contributed by atoms with Crippen LogP contribution in [0.25, 0.3) is 0 Å². The minimum absolute atomic E-state index is 0.112. The summed E-state index contributed by atoms with van der Waals surface area (Å²) in [5.74, 6) is 0. The highest BCUT2D eigenvalue weighted by atomic mass is 16.5. The molecule has 0 aliphatic carbocycles. The van der Waals surface area contributed by atoms with Crippen molar-refractivity contribution in [3.05, 3.63) is 0 Å². The van der Waals surface area contributed by atoms with Crippen LogP contribution in [-0.2, 0) is 4.74 Å². The third-order valence-electron chi connectivity index (χ3n) is 2.22. The lowest BCUT2D eigenvalue weighted by atomic mass is 10.0. The number of hydrogen-bond acceptors (Lipinski definition) is 3. The van der Waals surface area contributed by atoms with Crippen LogP contribution < -0.4 is 11.1 Å². The molecule has 1 fully saturated rings. The van der Waals surface area contributed by atoms with Gasteiger partial charge in [-0.25, -0.2) is 0 Å². The van der Waals surface area contributed by atoms with E-state index in [1.54, 1.807) is 7.11 Å². The number of methoxy groups -OCH3 is 1. The van der Waals surface area contributed by atoms with Gasteiger partial charge < -0.3 is 15.8 Å². The maximum Gasteiger partial charge on any atom is 0.0713 e. The monoisotopic (exact) mass is 144 g/mol. The van der Waals surface area contributed by atoms with Gasteiger partial charge in [-0.2, -0.15) is 0 Å². The van der Waals surface area contributed by atoms with E-state index in [1.807, 2.05) is 0 Å². The summed E-state index contributed by atoms with van der Waals surface area (Å²) in [5, 5.41) is 3.33. The molecule has 0 spiro atoms. The van der Waals surface area contributed by atoms with Crippen LogP contribution in [0.2, 0.25) is 0 Å². The van der Waals surface area contributed by atoms with Gasteiger partial charge in [-0.3, -0.25) is 0 Å². The number of nitrogens with one attached hydrogen (secondary N) is 1. The topological polar surface area (TPSA) is 47.3 Å². The number of rotatable bonds is 2. The van der Waals surface area contributed by atoms with Gasteiger partial charge >= 0.3 is 0 Å². The summed E-state index contributed by atoms with van der Waals surface area (Å²) < 4.78 is 5.19. The second-order valence-electron chi connectivity index (χ2n) is 3.21. The van der Waals surface area contributed by atoms with E-state index < -0.39 is 0 Å². The first-order valence-electron chi connectivity index (χ1n) is 3.68. The predicted molar refractivity (Wildman–Crippen MR) is 40.9 cm³/mol. The minimum Gasteiger partial charge on any atom is -0.380 e. The van der Waals surface area contributed by atoms with Crippen molar-refractivity contribution < 1.29 is 4.74 Å². The molecule has 0 saturated carbocycles. The van der Waals surface area contributed by atoms with E-state index in [4.69, 9.17) is 10.5 Å². The molecule has 10 heavy (non-hydrogen) atoms. The van der Waals surface area contributed by atoms with Gasteiger partial charge in [-0.05, 0) is 13.3 Å². The Morgan fingerprint density at radius 2 is 2.50 bits per heavy atom. The highest BCUT2D eigenvalue weighted by Gasteiger charge is 2.32. The molecular formula is C7H16N2O. The molecule has 1 aliphatic rings. The molecule has 0 radical (unpaired) electrons. The standard InChI is InChI=1S/C7H16N2O/c1-7(5-8)3-6(10-2)4-9-7/h6,9H,3-5,8H2,1-2H3. The minimum atomic E-state index is 0.112. The molecule has 1 aliphatic heterocycles. The first kappa shape index (κ1) is 7.98. The Labute approximate surface area is 61.9 Å². The highest BCUT2D eigenvalue weighted by molar-refractivity contribution is 4.94. The van der Waals surface area contributed by atoms with E-state index in [2.05, 4.69) is 12.2 Å². The normalized spacial score (nSPS) is 40.5. The second kappa shape index (κ2) is 2.86. The first-order chi connectivity index (χ1) is 4.70. The van der Waals surface area contributed by atoms with E-state index in [1.165, 1.54) is 0 Å². The van der Waals surface area contributed by atoms with Gasteiger partial charge in [0.1, 0.15) is 0 Å². The Bertz CT molecular complexity index is 118. The average Bonchev–Trinajstić information content (AvgIpc) is 2.33. The number of nitrogens with two attached hydrogens (primary N) is 1. The summed E-state index contributed by atoms with van der Waals surface area (Å²) in [6, 6.07) is 0. The fourth-order valence-corrected chi connectivity index (χ4v) is 1.33. The molecule has 1 heterocycles. The first-order valence-corrected chi connectivity index (χ1v) is 3.68. The predicted octanol–water partition coefficient (Wildman–Crippen LogP) is -0.288. The average molecular weight is 144 g/mol. The molecule has 60 valence electrons. The molecule has 0 aromatic rings. The zero-order valence-electron chi connectivity index (χ0n) is 6.68. The fraction of sp³-hybridized carbons (Fsp3) is 1.00. The van der Waals surface area contributed by atoms with Crippen LogP contribution >= 0.6 is 0 Å². The largest absolute Gasteiger partial charge is 0.380 e. The Kier molecular flexibility index (Phi) is 2.28. The summed E-state index contributed by atoms with van der Waals surface area (Å²) in [5.41, 5.74) is 5.68. The van der Waals surface area contributed by atoms with Crippen LogP contribution in [0.15, 0.2) is 0 Å². The van der Waals surface area contributed by atoms with E-state index >= 15 is 0 Å². The maximum atomic E-state index is 5.57. The van der Waals surface area contributed by atoms with Crippen LogP contribution in [0, 0.1) is 0 Å². The number of hydrogen-bond donors (Lipinski definition) is 2. The van der Waals surface area contributed by atoms with Crippen LogP contribution in [0.5, 0.6) is 0 Å². The van der Waals surface area contributed by atoms with E-state index in [-0.39, 0.29) is 5.54 Å². The summed E-state index contributed by atoms with van der Waals surface area (Å²) in [4.78, 5) is 0. The molecule has 0 bridgehead atoms. The maximum absolute atomic E-state index is 5.57. The molecule has 3 nitrogen and oxygen atoms in total. The summed E-state index contributed by atoms with van der Waals surface area (Å²) in [6.45, 7) is 3.75. The van der Waals surface area contributed by atoms with E-state index in [9.17, 15) is 0 Å². The summed E-state index contributed by atoms with van der Waals surface area (Å²) >= 11 is 0. The van der Waals surface area contributed by atoms with Crippen LogP contribution in [-0.4, -0.2) is 31.8 Å². The SMILES string of the molecule is COC1CNC(C)(CN)C1. The fourth-order valence-electron chi connectivity index (χ4n) is 1.33. The smallest absolute Gasteiger partial charge is 0.0713 e. The van der Waals surface area contributed by atoms with Gasteiger partial charge in [0.25, 0.3) is 0 Å². The molecule has 0 aromatic heterocycles. The Balaban J connectivity index is 2.41. The summed E-state index contributed by atoms with van der Waals surface area (Å²) in [7, 11) is 1.74. The van der Waals surface area contributed by atoms with Crippen molar-refractivity contribution in [3.63, 3.8) is 0 Å². The quantitative estimate of drug-likeness (QED) is 0.560. The Morgan fingerprint density at radius 3 is 2.80 bits per heavy atom. The molecular weight excluding hydrogens is 128 g/mol. The van der Waals surface area contributed by atoms with Crippen molar-refractivity contribution in [2.24, 2.45) is 5.73 Å². The second-order valence-corrected chi connectivity index (χ2v) is 3.21. The molecule has 3 N–H and O–H groups in total. The lowest BCUT2D eigenvalue weighted by Gasteiger charge is -2.21. The molecule has 2 unspecified atom stereocenters.